The van der Waals surface area contributed by atoms with Gasteiger partial charge < -0.3 is 14.8 Å². The summed E-state index contributed by atoms with van der Waals surface area (Å²) < 4.78 is 7.15. The van der Waals surface area contributed by atoms with Crippen molar-refractivity contribution in [3.8, 4) is 0 Å². The summed E-state index contributed by atoms with van der Waals surface area (Å²) in [4.78, 5) is 8.48. The Balaban J connectivity index is 1.63. The van der Waals surface area contributed by atoms with Gasteiger partial charge in [-0.1, -0.05) is 0 Å². The van der Waals surface area contributed by atoms with E-state index in [1.165, 1.54) is 6.33 Å². The van der Waals surface area contributed by atoms with Crippen molar-refractivity contribution in [2.75, 3.05) is 11.9 Å². The molecule has 0 fully saturated rings. The van der Waals surface area contributed by atoms with E-state index in [1.807, 2.05) is 13.1 Å². The van der Waals surface area contributed by atoms with Crippen molar-refractivity contribution in [3.05, 3.63) is 36.2 Å². The maximum Gasteiger partial charge on any atom is 0.163 e. The number of aromatic nitrogens is 4. The highest BCUT2D eigenvalue weighted by molar-refractivity contribution is 5.85. The highest BCUT2D eigenvalue weighted by atomic mass is 16.3. The molecule has 0 radical (unpaired) electrons. The van der Waals surface area contributed by atoms with Crippen molar-refractivity contribution in [2.24, 2.45) is 7.05 Å². The highest BCUT2D eigenvalue weighted by Gasteiger charge is 2.36. The SMILES string of the molecule is Cn1ncc2c(NCC3(O)CCCc4occc43)ncnc21. The molecule has 7 heteroatoms. The molecule has 0 amide bonds. The molecule has 0 bridgehead atoms. The number of furan rings is 1. The van der Waals surface area contributed by atoms with E-state index < -0.39 is 5.60 Å². The Morgan fingerprint density at radius 1 is 1.45 bits per heavy atom. The van der Waals surface area contributed by atoms with Crippen LogP contribution in [0.1, 0.15) is 24.2 Å². The highest BCUT2D eigenvalue weighted by Crippen LogP contribution is 2.36. The summed E-state index contributed by atoms with van der Waals surface area (Å²) in [6.45, 7) is 0.376. The monoisotopic (exact) mass is 299 g/mol. The van der Waals surface area contributed by atoms with Gasteiger partial charge in [0.2, 0.25) is 0 Å². The zero-order valence-electron chi connectivity index (χ0n) is 12.3. The van der Waals surface area contributed by atoms with E-state index in [2.05, 4.69) is 20.4 Å². The largest absolute Gasteiger partial charge is 0.469 e. The van der Waals surface area contributed by atoms with E-state index >= 15 is 0 Å². The molecule has 3 heterocycles. The molecule has 0 saturated carbocycles. The summed E-state index contributed by atoms with van der Waals surface area (Å²) in [6.07, 6.45) is 7.36. The number of anilines is 1. The van der Waals surface area contributed by atoms with E-state index in [4.69, 9.17) is 4.42 Å². The number of hydrogen-bond acceptors (Lipinski definition) is 6. The molecule has 7 nitrogen and oxygen atoms in total. The minimum absolute atomic E-state index is 0.376. The van der Waals surface area contributed by atoms with Gasteiger partial charge in [0.25, 0.3) is 0 Å². The molecular weight excluding hydrogens is 282 g/mol. The molecule has 3 aromatic rings. The molecule has 0 aliphatic heterocycles. The van der Waals surface area contributed by atoms with Gasteiger partial charge in [0, 0.05) is 25.6 Å². The number of fused-ring (bicyclic) bond motifs is 2. The van der Waals surface area contributed by atoms with Crippen LogP contribution < -0.4 is 5.32 Å². The zero-order valence-corrected chi connectivity index (χ0v) is 12.3. The van der Waals surface area contributed by atoms with Crippen molar-refractivity contribution in [1.29, 1.82) is 0 Å². The van der Waals surface area contributed by atoms with E-state index in [1.54, 1.807) is 17.1 Å². The van der Waals surface area contributed by atoms with Crippen LogP contribution in [-0.4, -0.2) is 31.4 Å². The number of aliphatic hydroxyl groups is 1. The molecule has 1 atom stereocenters. The van der Waals surface area contributed by atoms with Crippen molar-refractivity contribution in [3.63, 3.8) is 0 Å². The summed E-state index contributed by atoms with van der Waals surface area (Å²) in [5.74, 6) is 1.56. The molecular formula is C15H17N5O2. The normalized spacial score (nSPS) is 21.0. The zero-order chi connectivity index (χ0) is 15.2. The summed E-state index contributed by atoms with van der Waals surface area (Å²) in [5.41, 5.74) is 0.708. The predicted molar refractivity (Wildman–Crippen MR) is 80.3 cm³/mol. The lowest BCUT2D eigenvalue weighted by atomic mass is 9.83. The van der Waals surface area contributed by atoms with Crippen LogP contribution in [0, 0.1) is 0 Å². The Morgan fingerprint density at radius 3 is 3.27 bits per heavy atom. The second kappa shape index (κ2) is 4.81. The first kappa shape index (κ1) is 13.3. The number of nitrogens with zero attached hydrogens (tertiary/aromatic N) is 4. The van der Waals surface area contributed by atoms with Gasteiger partial charge in [-0.2, -0.15) is 5.10 Å². The Bertz CT molecular complexity index is 824. The van der Waals surface area contributed by atoms with Crippen LogP contribution in [0.25, 0.3) is 11.0 Å². The third kappa shape index (κ3) is 1.97. The molecule has 0 saturated heterocycles. The smallest absolute Gasteiger partial charge is 0.163 e. The molecule has 0 spiro atoms. The molecule has 22 heavy (non-hydrogen) atoms. The van der Waals surface area contributed by atoms with Gasteiger partial charge >= 0.3 is 0 Å². The molecule has 3 aromatic heterocycles. The maximum atomic E-state index is 11.0. The molecule has 1 aliphatic carbocycles. The summed E-state index contributed by atoms with van der Waals surface area (Å²) >= 11 is 0. The van der Waals surface area contributed by atoms with Crippen molar-refractivity contribution < 1.29 is 9.52 Å². The lowest BCUT2D eigenvalue weighted by Gasteiger charge is -2.32. The van der Waals surface area contributed by atoms with Crippen LogP contribution in [0.5, 0.6) is 0 Å². The van der Waals surface area contributed by atoms with Crippen molar-refractivity contribution >= 4 is 16.9 Å². The maximum absolute atomic E-state index is 11.0. The fourth-order valence-corrected chi connectivity index (χ4v) is 3.14. The lowest BCUT2D eigenvalue weighted by Crippen LogP contribution is -2.37. The van der Waals surface area contributed by atoms with Gasteiger partial charge in [-0.15, -0.1) is 0 Å². The van der Waals surface area contributed by atoms with Crippen LogP contribution in [0.4, 0.5) is 5.82 Å². The predicted octanol–water partition coefficient (Wildman–Crippen LogP) is 1.59. The van der Waals surface area contributed by atoms with Gasteiger partial charge in [0.1, 0.15) is 23.5 Å². The molecule has 114 valence electrons. The van der Waals surface area contributed by atoms with Crippen LogP contribution in [0.3, 0.4) is 0 Å². The van der Waals surface area contributed by atoms with Crippen LogP contribution in [0.2, 0.25) is 0 Å². The number of aryl methyl sites for hydroxylation is 2. The number of nitrogens with one attached hydrogen (secondary N) is 1. The topological polar surface area (TPSA) is 89.0 Å². The van der Waals surface area contributed by atoms with Gasteiger partial charge in [-0.05, 0) is 18.9 Å². The fraction of sp³-hybridized carbons (Fsp3) is 0.400. The van der Waals surface area contributed by atoms with Crippen molar-refractivity contribution in [2.45, 2.75) is 24.9 Å². The first-order valence-electron chi connectivity index (χ1n) is 7.33. The second-order valence-electron chi connectivity index (χ2n) is 5.72. The fourth-order valence-electron chi connectivity index (χ4n) is 3.14. The van der Waals surface area contributed by atoms with Gasteiger partial charge in [-0.25, -0.2) is 9.97 Å². The average molecular weight is 299 g/mol. The third-order valence-electron chi connectivity index (χ3n) is 4.32. The van der Waals surface area contributed by atoms with E-state index in [0.29, 0.717) is 18.8 Å². The van der Waals surface area contributed by atoms with Gasteiger partial charge in [0.05, 0.1) is 17.8 Å². The van der Waals surface area contributed by atoms with Crippen LogP contribution in [-0.2, 0) is 19.1 Å². The standard InChI is InChI=1S/C15H17N5O2/c1-20-14-10(7-19-20)13(17-9-18-14)16-8-15(21)5-2-3-12-11(15)4-6-22-12/h4,6-7,9,21H,2-3,5,8H2,1H3,(H,16,17,18). The van der Waals surface area contributed by atoms with Gasteiger partial charge in [0.15, 0.2) is 5.65 Å². The first-order valence-corrected chi connectivity index (χ1v) is 7.33. The summed E-state index contributed by atoms with van der Waals surface area (Å²) in [7, 11) is 1.84. The third-order valence-corrected chi connectivity index (χ3v) is 4.32. The van der Waals surface area contributed by atoms with E-state index in [9.17, 15) is 5.11 Å². The average Bonchev–Trinajstić information content (AvgIpc) is 3.14. The molecule has 2 N–H and O–H groups in total. The molecule has 1 aliphatic rings. The Hall–Kier alpha value is -2.41. The Labute approximate surface area is 127 Å². The van der Waals surface area contributed by atoms with Crippen molar-refractivity contribution in [1.82, 2.24) is 19.7 Å². The van der Waals surface area contributed by atoms with E-state index in [-0.39, 0.29) is 0 Å². The Morgan fingerprint density at radius 2 is 2.36 bits per heavy atom. The molecule has 4 rings (SSSR count). The van der Waals surface area contributed by atoms with Gasteiger partial charge in [-0.3, -0.25) is 4.68 Å². The molecule has 1 unspecified atom stereocenters. The minimum atomic E-state index is -0.930. The van der Waals surface area contributed by atoms with E-state index in [0.717, 1.165) is 35.2 Å². The first-order chi connectivity index (χ1) is 10.7. The lowest BCUT2D eigenvalue weighted by molar-refractivity contribution is 0.0299. The second-order valence-corrected chi connectivity index (χ2v) is 5.72. The van der Waals surface area contributed by atoms with Crippen LogP contribution in [0.15, 0.2) is 29.3 Å². The summed E-state index contributed by atoms with van der Waals surface area (Å²) in [6, 6.07) is 1.86. The van der Waals surface area contributed by atoms with Crippen LogP contribution >= 0.6 is 0 Å². The molecule has 0 aromatic carbocycles. The number of hydrogen-bond donors (Lipinski definition) is 2. The minimum Gasteiger partial charge on any atom is -0.469 e. The quantitative estimate of drug-likeness (QED) is 0.763. The number of rotatable bonds is 3. The Kier molecular flexibility index (Phi) is 2.90. The summed E-state index contributed by atoms with van der Waals surface area (Å²) in [5, 5.41) is 19.2.